The Labute approximate surface area is 157 Å². The van der Waals surface area contributed by atoms with Crippen LogP contribution in [-0.2, 0) is 9.53 Å². The SMILES string of the molecule is CC(C)Oc1ccc(C(=O)O[C@@H](C)C(=O)Nc2ccc3c(c2)OCO3)cc1. The molecule has 3 rings (SSSR count). The molecule has 1 N–H and O–H groups in total. The second-order valence-electron chi connectivity index (χ2n) is 6.30. The summed E-state index contributed by atoms with van der Waals surface area (Å²) in [6.45, 7) is 5.50. The molecular formula is C20H21NO6. The molecule has 0 radical (unpaired) electrons. The van der Waals surface area contributed by atoms with Crippen LogP contribution in [0.2, 0.25) is 0 Å². The molecule has 0 fully saturated rings. The summed E-state index contributed by atoms with van der Waals surface area (Å²) in [5.74, 6) is 0.815. The van der Waals surface area contributed by atoms with Crippen LogP contribution in [0.5, 0.6) is 17.2 Å². The topological polar surface area (TPSA) is 83.1 Å². The summed E-state index contributed by atoms with van der Waals surface area (Å²) in [4.78, 5) is 24.5. The Kier molecular flexibility index (Phi) is 5.49. The van der Waals surface area contributed by atoms with Crippen molar-refractivity contribution in [1.82, 2.24) is 0 Å². The van der Waals surface area contributed by atoms with Gasteiger partial charge in [-0.2, -0.15) is 0 Å². The van der Waals surface area contributed by atoms with Crippen molar-refractivity contribution in [2.24, 2.45) is 0 Å². The predicted molar refractivity (Wildman–Crippen MR) is 98.3 cm³/mol. The van der Waals surface area contributed by atoms with Gasteiger partial charge in [0.05, 0.1) is 11.7 Å². The van der Waals surface area contributed by atoms with Crippen LogP contribution in [-0.4, -0.2) is 30.9 Å². The number of carbonyl (C=O) groups is 2. The number of hydrogen-bond donors (Lipinski definition) is 1. The Morgan fingerprint density at radius 1 is 1.00 bits per heavy atom. The molecule has 0 spiro atoms. The third-order valence-electron chi connectivity index (χ3n) is 3.75. The highest BCUT2D eigenvalue weighted by Gasteiger charge is 2.20. The fourth-order valence-electron chi connectivity index (χ4n) is 2.44. The number of rotatable bonds is 6. The molecule has 0 saturated heterocycles. The average Bonchev–Trinajstić information content (AvgIpc) is 3.09. The standard InChI is InChI=1S/C20H21NO6/c1-12(2)26-16-7-4-14(5-8-16)20(23)27-13(3)19(22)21-15-6-9-17-18(10-15)25-11-24-17/h4-10,12-13H,11H2,1-3H3,(H,21,22)/t13-/m0/s1. The van der Waals surface area contributed by atoms with Gasteiger partial charge >= 0.3 is 5.97 Å². The molecule has 2 aromatic carbocycles. The number of anilines is 1. The first kappa shape index (κ1) is 18.6. The van der Waals surface area contributed by atoms with Crippen molar-refractivity contribution >= 4 is 17.6 Å². The molecule has 1 amide bonds. The maximum Gasteiger partial charge on any atom is 0.338 e. The normalized spacial score (nSPS) is 13.2. The molecular weight excluding hydrogens is 350 g/mol. The molecule has 2 aromatic rings. The first-order chi connectivity index (χ1) is 12.9. The van der Waals surface area contributed by atoms with Gasteiger partial charge in [-0.15, -0.1) is 0 Å². The maximum atomic E-state index is 12.3. The van der Waals surface area contributed by atoms with Gasteiger partial charge in [0, 0.05) is 11.8 Å². The van der Waals surface area contributed by atoms with E-state index in [2.05, 4.69) is 5.32 Å². The lowest BCUT2D eigenvalue weighted by Gasteiger charge is -2.14. The van der Waals surface area contributed by atoms with E-state index in [1.807, 2.05) is 13.8 Å². The molecule has 7 nitrogen and oxygen atoms in total. The van der Waals surface area contributed by atoms with Crippen molar-refractivity contribution in [1.29, 1.82) is 0 Å². The zero-order valence-corrected chi connectivity index (χ0v) is 15.4. The lowest BCUT2D eigenvalue weighted by atomic mass is 10.2. The molecule has 7 heteroatoms. The fourth-order valence-corrected chi connectivity index (χ4v) is 2.44. The highest BCUT2D eigenvalue weighted by Crippen LogP contribution is 2.34. The van der Waals surface area contributed by atoms with Gasteiger partial charge in [-0.1, -0.05) is 0 Å². The van der Waals surface area contributed by atoms with E-state index in [9.17, 15) is 9.59 Å². The number of nitrogens with one attached hydrogen (secondary N) is 1. The molecule has 1 aliphatic rings. The van der Waals surface area contributed by atoms with E-state index in [1.54, 1.807) is 42.5 Å². The molecule has 1 aliphatic heterocycles. The van der Waals surface area contributed by atoms with E-state index in [0.29, 0.717) is 28.5 Å². The molecule has 0 saturated carbocycles. The van der Waals surface area contributed by atoms with Crippen LogP contribution in [0.25, 0.3) is 0 Å². The zero-order valence-electron chi connectivity index (χ0n) is 15.4. The number of benzene rings is 2. The molecule has 1 atom stereocenters. The molecule has 0 aliphatic carbocycles. The summed E-state index contributed by atoms with van der Waals surface area (Å²) < 4.78 is 21.3. The van der Waals surface area contributed by atoms with Gasteiger partial charge < -0.3 is 24.3 Å². The average molecular weight is 371 g/mol. The summed E-state index contributed by atoms with van der Waals surface area (Å²) in [5, 5.41) is 2.69. The third kappa shape index (κ3) is 4.69. The molecule has 0 aromatic heterocycles. The summed E-state index contributed by atoms with van der Waals surface area (Å²) in [7, 11) is 0. The predicted octanol–water partition coefficient (Wildman–Crippen LogP) is 3.39. The Morgan fingerprint density at radius 3 is 2.41 bits per heavy atom. The van der Waals surface area contributed by atoms with Crippen molar-refractivity contribution in [3.05, 3.63) is 48.0 Å². The number of esters is 1. The molecule has 0 bridgehead atoms. The molecule has 1 heterocycles. The minimum atomic E-state index is -0.963. The Morgan fingerprint density at radius 2 is 1.70 bits per heavy atom. The van der Waals surface area contributed by atoms with Crippen LogP contribution in [0.15, 0.2) is 42.5 Å². The van der Waals surface area contributed by atoms with E-state index in [4.69, 9.17) is 18.9 Å². The van der Waals surface area contributed by atoms with Gasteiger partial charge in [0.15, 0.2) is 17.6 Å². The number of ether oxygens (including phenoxy) is 4. The maximum absolute atomic E-state index is 12.3. The van der Waals surface area contributed by atoms with E-state index in [-0.39, 0.29) is 12.9 Å². The number of carbonyl (C=O) groups excluding carboxylic acids is 2. The smallest absolute Gasteiger partial charge is 0.338 e. The Balaban J connectivity index is 1.56. The lowest BCUT2D eigenvalue weighted by Crippen LogP contribution is -2.30. The zero-order chi connectivity index (χ0) is 19.4. The summed E-state index contributed by atoms with van der Waals surface area (Å²) in [6, 6.07) is 11.6. The first-order valence-electron chi connectivity index (χ1n) is 8.60. The number of hydrogen-bond acceptors (Lipinski definition) is 6. The number of fused-ring (bicyclic) bond motifs is 1. The van der Waals surface area contributed by atoms with Crippen molar-refractivity contribution in [3.8, 4) is 17.2 Å². The molecule has 27 heavy (non-hydrogen) atoms. The highest BCUT2D eigenvalue weighted by molar-refractivity contribution is 5.97. The fraction of sp³-hybridized carbons (Fsp3) is 0.300. The highest BCUT2D eigenvalue weighted by atomic mass is 16.7. The van der Waals surface area contributed by atoms with Crippen LogP contribution in [0.1, 0.15) is 31.1 Å². The Hall–Kier alpha value is -3.22. The summed E-state index contributed by atoms with van der Waals surface area (Å²) in [5.41, 5.74) is 0.871. The summed E-state index contributed by atoms with van der Waals surface area (Å²) in [6.07, 6.45) is -0.919. The minimum Gasteiger partial charge on any atom is -0.491 e. The van der Waals surface area contributed by atoms with E-state index in [0.717, 1.165) is 0 Å². The van der Waals surface area contributed by atoms with E-state index >= 15 is 0 Å². The van der Waals surface area contributed by atoms with Crippen LogP contribution < -0.4 is 19.5 Å². The van der Waals surface area contributed by atoms with Gasteiger partial charge in [-0.05, 0) is 57.2 Å². The van der Waals surface area contributed by atoms with Crippen molar-refractivity contribution in [2.45, 2.75) is 33.0 Å². The monoisotopic (exact) mass is 371 g/mol. The van der Waals surface area contributed by atoms with Crippen LogP contribution >= 0.6 is 0 Å². The molecule has 142 valence electrons. The summed E-state index contributed by atoms with van der Waals surface area (Å²) >= 11 is 0. The van der Waals surface area contributed by atoms with E-state index < -0.39 is 18.0 Å². The van der Waals surface area contributed by atoms with Crippen molar-refractivity contribution < 1.29 is 28.5 Å². The van der Waals surface area contributed by atoms with Gasteiger partial charge in [0.2, 0.25) is 6.79 Å². The Bertz CT molecular complexity index is 831. The quantitative estimate of drug-likeness (QED) is 0.784. The van der Waals surface area contributed by atoms with Crippen LogP contribution in [0, 0.1) is 0 Å². The van der Waals surface area contributed by atoms with E-state index in [1.165, 1.54) is 6.92 Å². The van der Waals surface area contributed by atoms with Gasteiger partial charge in [-0.3, -0.25) is 4.79 Å². The third-order valence-corrected chi connectivity index (χ3v) is 3.75. The second-order valence-corrected chi connectivity index (χ2v) is 6.30. The van der Waals surface area contributed by atoms with Gasteiger partial charge in [0.25, 0.3) is 5.91 Å². The van der Waals surface area contributed by atoms with Crippen LogP contribution in [0.3, 0.4) is 0 Å². The first-order valence-corrected chi connectivity index (χ1v) is 8.60. The van der Waals surface area contributed by atoms with Gasteiger partial charge in [-0.25, -0.2) is 4.79 Å². The van der Waals surface area contributed by atoms with Crippen LogP contribution in [0.4, 0.5) is 5.69 Å². The van der Waals surface area contributed by atoms with Gasteiger partial charge in [0.1, 0.15) is 5.75 Å². The largest absolute Gasteiger partial charge is 0.491 e. The van der Waals surface area contributed by atoms with Crippen molar-refractivity contribution in [3.63, 3.8) is 0 Å². The molecule has 0 unspecified atom stereocenters. The van der Waals surface area contributed by atoms with Crippen molar-refractivity contribution in [2.75, 3.05) is 12.1 Å². The lowest BCUT2D eigenvalue weighted by molar-refractivity contribution is -0.123. The second kappa shape index (κ2) is 7.99. The number of amides is 1. The minimum absolute atomic E-state index is 0.0442.